The van der Waals surface area contributed by atoms with Gasteiger partial charge in [-0.2, -0.15) is 0 Å². The van der Waals surface area contributed by atoms with E-state index in [2.05, 4.69) is 52.5 Å². The lowest BCUT2D eigenvalue weighted by Gasteiger charge is -2.38. The van der Waals surface area contributed by atoms with Crippen molar-refractivity contribution < 1.29 is 87.2 Å². The summed E-state index contributed by atoms with van der Waals surface area (Å²) in [5, 5.41) is 58.8. The highest BCUT2D eigenvalue weighted by molar-refractivity contribution is 8.00. The van der Waals surface area contributed by atoms with Crippen molar-refractivity contribution in [1.29, 1.82) is 0 Å². The number of para-hydroxylation sites is 1. The molecule has 2 saturated carbocycles. The van der Waals surface area contributed by atoms with Crippen LogP contribution in [0.5, 0.6) is 5.75 Å². The number of nitrogens with zero attached hydrogens (tertiary/aromatic N) is 5. The molecule has 134 heavy (non-hydrogen) atoms. The number of H-pyrrole nitrogens is 2. The average molecular weight is 1880 g/mol. The molecule has 2 aromatic heterocycles. The highest BCUT2D eigenvalue weighted by atomic mass is 35.5. The SMILES string of the molecule is CCCC1CC12C(=O)N(C)CC(=O)N[C@@H](CC(=O)O)C(=O)N[C@@H](C(C)C)C(=O)N(C)C(Cc1ccccc1)C(=O)N[C@@H](Cc1c[nH]c3ccc(Cl)cc13)C(=O)N(C)CC[NH+]([O-])[C@@H](Cc1c[nH]c3ccccc13)C(=O)N[C@@H](Cc1ccc(O)cc1)C(=O)N[C@@H](CC(C)C)C(=O)N[C@H](C(=O)NCC(N)=O)CSCC(=O)N[C@@]1(CC1c1ccccc1)C(=O)N(C)[C@@H](Cc1ccccc1)C(=O)N2C. The number of hydrogen-bond donors (Lipinski definition) is 14. The number of carboxylic acids is 1. The highest BCUT2D eigenvalue weighted by Gasteiger charge is 2.67. The molecule has 5 unspecified atom stereocenters. The van der Waals surface area contributed by atoms with Crippen LogP contribution in [0.1, 0.15) is 112 Å². The second-order valence-electron chi connectivity index (χ2n) is 35.8. The zero-order chi connectivity index (χ0) is 97.2. The van der Waals surface area contributed by atoms with Crippen molar-refractivity contribution >= 4 is 134 Å². The standard InChI is InChI=1S/C97H120ClN17O18S/c1-11-23-64-48-97(64)95(132)111(7)53-81(118)103-74(47-83(120)121)88(125)108-84(57(4)5)93(130)112(8)77(42-58-24-15-12-16-25-58)89(126)106-75(44-62-50-101-71-37-34-65(98)46-68(62)71)91(128)110(6)38-39-115(133)78(45-63-51-100-70-31-22-21-30-67(63)70)90(127)105-73(41-60-32-35-66(116)36-33-60)87(124)104-72(40-56(2)3)86(123)107-76(85(122)102-52-80(99)117)54-134-55-82(119)109-96(49-69(96)61-28-19-14-20-29-61)94(131)113(9)79(92(129)114(97)10)43-59-26-17-13-18-27-59/h12-22,24-37,46,50-51,56-57,64,69,72-79,84,100-101,115-116H,11,23,38-45,47-49,52-55H2,1-10H3,(H2,99,117)(H,102,122)(H,103,118)(H,104,124)(H,105,127)(H,106,126)(H,107,123)(H,108,125)(H,109,119)(H,120,121)/t64?,69?,72-,73-,74-,75-,76-,77?,78-,79-,84-,96+,97?/m0/s1. The highest BCUT2D eigenvalue weighted by Crippen LogP contribution is 2.54. The first kappa shape index (κ1) is 101. The normalized spacial score (nSPS) is 25.1. The number of fused-ring (bicyclic) bond motifs is 2. The fraction of sp³-hybridized carbons (Fsp3) is 0.433. The Morgan fingerprint density at radius 3 is 1.80 bits per heavy atom. The van der Waals surface area contributed by atoms with Gasteiger partial charge in [-0.25, -0.2) is 0 Å². The number of halogens is 1. The summed E-state index contributed by atoms with van der Waals surface area (Å²) in [4.78, 5) is 236. The molecule has 2 spiro atoms. The summed E-state index contributed by atoms with van der Waals surface area (Å²) in [6, 6.07) is 30.0. The number of nitrogens with two attached hydrogens (primary N) is 1. The maximum Gasteiger partial charge on any atom is 0.305 e. The van der Waals surface area contributed by atoms with Crippen molar-refractivity contribution in [3.05, 3.63) is 214 Å². The van der Waals surface area contributed by atoms with Crippen molar-refractivity contribution in [3.8, 4) is 5.75 Å². The number of hydroxylamine groups is 2. The average Bonchev–Trinajstić information content (AvgIpc) is 1.55. The maximum absolute atomic E-state index is 15.9. The fourth-order valence-electron chi connectivity index (χ4n) is 17.7. The Balaban J connectivity index is 0.973. The molecule has 0 bridgehead atoms. The van der Waals surface area contributed by atoms with Crippen LogP contribution < -0.4 is 53.3 Å². The Labute approximate surface area is 786 Å². The molecule has 3 heterocycles. The first-order valence-corrected chi connectivity index (χ1v) is 46.4. The number of phenolic OH excluding ortho intramolecular Hbond substituents is 1. The van der Waals surface area contributed by atoms with Gasteiger partial charge in [-0.05, 0) is 113 Å². The van der Waals surface area contributed by atoms with E-state index in [1.165, 1.54) is 74.2 Å². The number of rotatable bonds is 21. The minimum atomic E-state index is -1.90. The van der Waals surface area contributed by atoms with Crippen LogP contribution in [0.25, 0.3) is 21.8 Å². The molecule has 1 aliphatic heterocycles. The minimum Gasteiger partial charge on any atom is -0.634 e. The van der Waals surface area contributed by atoms with E-state index >= 15 is 48.4 Å². The lowest BCUT2D eigenvalue weighted by atomic mass is 9.98. The number of thioether (sulfide) groups is 1. The third-order valence-corrected chi connectivity index (χ3v) is 26.5. The van der Waals surface area contributed by atoms with E-state index < -0.39 is 209 Å². The number of aromatic amines is 2. The van der Waals surface area contributed by atoms with E-state index in [9.17, 15) is 39.0 Å². The van der Waals surface area contributed by atoms with Gasteiger partial charge >= 0.3 is 5.97 Å². The number of aromatic nitrogens is 2. The van der Waals surface area contributed by atoms with Crippen molar-refractivity contribution in [2.24, 2.45) is 23.5 Å². The number of benzene rings is 6. The number of aromatic hydroxyl groups is 1. The molecule has 0 radical (unpaired) electrons. The molecule has 14 amide bonds. The predicted octanol–water partition coefficient (Wildman–Crippen LogP) is 3.34. The number of hydrogen-bond acceptors (Lipinski definition) is 18. The molecule has 15 N–H and O–H groups in total. The summed E-state index contributed by atoms with van der Waals surface area (Å²) in [6.07, 6.45) is 2.19. The third kappa shape index (κ3) is 25.4. The number of amides is 14. The number of carboxylic acid groups (broad SMARTS) is 1. The predicted molar refractivity (Wildman–Crippen MR) is 503 cm³/mol. The number of phenols is 1. The molecule has 37 heteroatoms. The molecule has 14 atom stereocenters. The Morgan fingerprint density at radius 1 is 0.590 bits per heavy atom. The van der Waals surface area contributed by atoms with Crippen LogP contribution >= 0.6 is 23.4 Å². The van der Waals surface area contributed by atoms with Crippen LogP contribution in [0.4, 0.5) is 0 Å². The summed E-state index contributed by atoms with van der Waals surface area (Å²) >= 11 is 7.44. The second kappa shape index (κ2) is 45.5. The van der Waals surface area contributed by atoms with Gasteiger partial charge < -0.3 is 103 Å². The van der Waals surface area contributed by atoms with E-state index in [1.807, 2.05) is 6.92 Å². The number of nitrogens with one attached hydrogen (secondary N) is 11. The number of aliphatic carboxylic acids is 1. The van der Waals surface area contributed by atoms with Gasteiger partial charge in [0.1, 0.15) is 65.2 Å². The Bertz CT molecular complexity index is 5590. The summed E-state index contributed by atoms with van der Waals surface area (Å²) in [6.45, 7) is 6.21. The van der Waals surface area contributed by atoms with E-state index in [0.717, 1.165) is 21.6 Å². The lowest BCUT2D eigenvalue weighted by molar-refractivity contribution is -0.864. The van der Waals surface area contributed by atoms with Gasteiger partial charge in [-0.15, -0.1) is 11.8 Å². The summed E-state index contributed by atoms with van der Waals surface area (Å²) in [7, 11) is 6.87. The van der Waals surface area contributed by atoms with Crippen LogP contribution in [0.15, 0.2) is 170 Å². The number of carbonyl (C=O) groups is 15. The monoisotopic (exact) mass is 1880 g/mol. The van der Waals surface area contributed by atoms with Gasteiger partial charge in [0.25, 0.3) is 5.91 Å². The van der Waals surface area contributed by atoms with Crippen molar-refractivity contribution in [3.63, 3.8) is 0 Å². The Kier molecular flexibility index (Phi) is 34.4. The van der Waals surface area contributed by atoms with Crippen LogP contribution in [-0.2, 0) is 104 Å². The largest absolute Gasteiger partial charge is 0.634 e. The van der Waals surface area contributed by atoms with Gasteiger partial charge in [0.2, 0.25) is 76.8 Å². The Hall–Kier alpha value is -13.2. The van der Waals surface area contributed by atoms with E-state index in [-0.39, 0.29) is 75.3 Å². The van der Waals surface area contributed by atoms with Crippen LogP contribution in [-0.4, -0.2) is 272 Å². The zero-order valence-corrected chi connectivity index (χ0v) is 78.3. The van der Waals surface area contributed by atoms with Gasteiger partial charge in [0, 0.05) is 118 Å². The quantitative estimate of drug-likeness (QED) is 0.0459. The minimum absolute atomic E-state index is 0.0402. The van der Waals surface area contributed by atoms with Gasteiger partial charge in [-0.3, -0.25) is 71.9 Å². The van der Waals surface area contributed by atoms with Gasteiger partial charge in [0.05, 0.1) is 38.4 Å². The third-order valence-electron chi connectivity index (χ3n) is 25.2. The topological polar surface area (TPSA) is 494 Å². The van der Waals surface area contributed by atoms with Crippen LogP contribution in [0, 0.1) is 23.0 Å². The number of likely N-dealkylation sites (N-methyl/N-ethyl adjacent to an activating group) is 5. The smallest absolute Gasteiger partial charge is 0.305 e. The molecule has 3 fully saturated rings. The number of primary amides is 1. The van der Waals surface area contributed by atoms with Crippen molar-refractivity contribution in [2.45, 2.75) is 177 Å². The summed E-state index contributed by atoms with van der Waals surface area (Å²) in [5.74, 6) is -17.0. The fourth-order valence-corrected chi connectivity index (χ4v) is 18.7. The molecule has 35 nitrogen and oxygen atoms in total. The van der Waals surface area contributed by atoms with Crippen LogP contribution in [0.3, 0.4) is 0 Å². The molecular formula is C97H120ClN17O18S. The molecule has 3 aliphatic rings. The molecule has 11 rings (SSSR count). The van der Waals surface area contributed by atoms with Gasteiger partial charge in [0.15, 0.2) is 6.04 Å². The van der Waals surface area contributed by atoms with Gasteiger partial charge in [-0.1, -0.05) is 174 Å². The zero-order valence-electron chi connectivity index (χ0n) is 76.7. The molecule has 2 aliphatic carbocycles. The Morgan fingerprint density at radius 2 is 1.17 bits per heavy atom. The second-order valence-corrected chi connectivity index (χ2v) is 37.3. The van der Waals surface area contributed by atoms with E-state index in [0.29, 0.717) is 73.1 Å². The molecular weight excluding hydrogens is 1760 g/mol. The number of carbonyl (C=O) groups excluding carboxylic acids is 14. The first-order chi connectivity index (χ1) is 63.8. The van der Waals surface area contributed by atoms with Crippen LogP contribution in [0.2, 0.25) is 5.02 Å². The van der Waals surface area contributed by atoms with Crippen molar-refractivity contribution in [1.82, 2.24) is 77.0 Å². The first-order valence-electron chi connectivity index (χ1n) is 44.8. The number of quaternary nitrogens is 1. The van der Waals surface area contributed by atoms with Crippen molar-refractivity contribution in [2.75, 3.05) is 72.9 Å². The maximum atomic E-state index is 15.9. The molecule has 1 saturated heterocycles. The molecule has 6 aromatic carbocycles. The summed E-state index contributed by atoms with van der Waals surface area (Å²) < 4.78 is 0. The van der Waals surface area contributed by atoms with E-state index in [1.54, 1.807) is 174 Å². The lowest BCUT2D eigenvalue weighted by Crippen LogP contribution is -3.14. The molecule has 714 valence electrons. The summed E-state index contributed by atoms with van der Waals surface area (Å²) in [5.41, 5.74) is 6.66. The van der Waals surface area contributed by atoms with E-state index in [4.69, 9.17) is 17.3 Å². The molecule has 8 aromatic rings.